The molecule has 10 nitrogen and oxygen atoms in total. The Labute approximate surface area is 184 Å². The van der Waals surface area contributed by atoms with Crippen LogP contribution in [0.1, 0.15) is 19.9 Å². The molecule has 0 radical (unpaired) electrons. The lowest BCUT2D eigenvalue weighted by Crippen LogP contribution is -2.17. The summed E-state index contributed by atoms with van der Waals surface area (Å²) < 4.78 is 7.27. The molecule has 0 aliphatic heterocycles. The number of rotatable bonds is 4. The first kappa shape index (κ1) is 22.8. The molecule has 0 amide bonds. The molecule has 4 N–H and O–H groups in total. The number of carbonyl (C=O) groups excluding carboxylic acids is 1. The second-order valence-corrected chi connectivity index (χ2v) is 7.13. The van der Waals surface area contributed by atoms with Crippen molar-refractivity contribution < 1.29 is 9.53 Å². The van der Waals surface area contributed by atoms with Gasteiger partial charge < -0.3 is 20.8 Å². The Bertz CT molecular complexity index is 1000. The van der Waals surface area contributed by atoms with Gasteiger partial charge in [0.2, 0.25) is 0 Å². The zero-order chi connectivity index (χ0) is 21.6. The van der Waals surface area contributed by atoms with Crippen molar-refractivity contribution in [3.63, 3.8) is 0 Å². The van der Waals surface area contributed by atoms with E-state index in [1.165, 1.54) is 6.33 Å². The summed E-state index contributed by atoms with van der Waals surface area (Å²) in [6.45, 7) is 3.82. The van der Waals surface area contributed by atoms with Crippen LogP contribution < -0.4 is 11.5 Å². The third-order valence-electron chi connectivity index (χ3n) is 3.49. The van der Waals surface area contributed by atoms with Crippen molar-refractivity contribution >= 4 is 56.7 Å². The van der Waals surface area contributed by atoms with Crippen LogP contribution in [0.5, 0.6) is 0 Å². The van der Waals surface area contributed by atoms with E-state index in [1.54, 1.807) is 36.7 Å². The lowest BCUT2D eigenvalue weighted by atomic mass is 10.2. The second kappa shape index (κ2) is 10.3. The van der Waals surface area contributed by atoms with Crippen molar-refractivity contribution in [2.24, 2.45) is 0 Å². The van der Waals surface area contributed by atoms with E-state index in [4.69, 9.17) is 39.4 Å². The summed E-state index contributed by atoms with van der Waals surface area (Å²) in [4.78, 5) is 15.9. The number of hydrogen-bond donors (Lipinski definition) is 2. The zero-order valence-corrected chi connectivity index (χ0v) is 18.5. The third-order valence-corrected chi connectivity index (χ3v) is 4.49. The first-order valence-electron chi connectivity index (χ1n) is 8.16. The lowest BCUT2D eigenvalue weighted by molar-refractivity contribution is -0.146. The maximum Gasteiger partial charge on any atom is 0.328 e. The number of nitrogen functional groups attached to an aromatic ring is 2. The van der Waals surface area contributed by atoms with Gasteiger partial charge in [-0.1, -0.05) is 23.2 Å². The number of nitrogens with two attached hydrogens (primary N) is 2. The molecule has 1 atom stereocenters. The SMILES string of the molecule is CCOC(=O)C(C)n1cnc(-c2cc(Cl)nnc2N)c1.Nc1nnc(Cl)cc1Br. The topological polar surface area (TPSA) is 148 Å². The number of carbonyl (C=O) groups is 1. The highest BCUT2D eigenvalue weighted by atomic mass is 79.9. The van der Waals surface area contributed by atoms with Crippen LogP contribution in [0, 0.1) is 0 Å². The molecule has 0 fully saturated rings. The Balaban J connectivity index is 0.000000278. The second-order valence-electron chi connectivity index (χ2n) is 5.50. The van der Waals surface area contributed by atoms with Crippen molar-refractivity contribution in [1.82, 2.24) is 29.9 Å². The van der Waals surface area contributed by atoms with Gasteiger partial charge in [0, 0.05) is 11.8 Å². The van der Waals surface area contributed by atoms with E-state index in [0.29, 0.717) is 33.3 Å². The fourth-order valence-corrected chi connectivity index (χ4v) is 2.73. The number of anilines is 2. The molecule has 0 aromatic carbocycles. The molecule has 13 heteroatoms. The molecular formula is C16H17BrCl2N8O2. The maximum absolute atomic E-state index is 11.7. The minimum absolute atomic E-state index is 0.224. The Kier molecular flexibility index (Phi) is 8.11. The van der Waals surface area contributed by atoms with E-state index < -0.39 is 6.04 Å². The number of hydrogen-bond acceptors (Lipinski definition) is 9. The maximum atomic E-state index is 11.7. The normalized spacial score (nSPS) is 11.3. The molecule has 1 unspecified atom stereocenters. The third kappa shape index (κ3) is 6.24. The summed E-state index contributed by atoms with van der Waals surface area (Å²) in [6, 6.07) is 2.69. The van der Waals surface area contributed by atoms with Gasteiger partial charge in [0.1, 0.15) is 6.04 Å². The number of aromatic nitrogens is 6. The summed E-state index contributed by atoms with van der Waals surface area (Å²) in [5.74, 6) is 0.248. The molecule has 3 rings (SSSR count). The van der Waals surface area contributed by atoms with Crippen molar-refractivity contribution in [3.05, 3.63) is 39.4 Å². The van der Waals surface area contributed by atoms with Gasteiger partial charge in [0.05, 0.1) is 23.1 Å². The number of halogens is 3. The Hall–Kier alpha value is -2.50. The molecule has 154 valence electrons. The summed E-state index contributed by atoms with van der Waals surface area (Å²) in [5, 5.41) is 15.0. The fourth-order valence-electron chi connectivity index (χ4n) is 2.01. The first-order chi connectivity index (χ1) is 13.7. The van der Waals surface area contributed by atoms with Gasteiger partial charge in [-0.25, -0.2) is 9.78 Å². The lowest BCUT2D eigenvalue weighted by Gasteiger charge is -2.11. The Morgan fingerprint density at radius 1 is 1.17 bits per heavy atom. The van der Waals surface area contributed by atoms with Crippen molar-refractivity contribution in [3.8, 4) is 11.3 Å². The van der Waals surface area contributed by atoms with Gasteiger partial charge in [-0.2, -0.15) is 0 Å². The fraction of sp³-hybridized carbons (Fsp3) is 0.250. The number of imidazole rings is 1. The van der Waals surface area contributed by atoms with Gasteiger partial charge in [-0.3, -0.25) is 0 Å². The molecule has 0 aliphatic rings. The van der Waals surface area contributed by atoms with E-state index in [9.17, 15) is 4.79 Å². The summed E-state index contributed by atoms with van der Waals surface area (Å²) in [5.41, 5.74) is 12.2. The van der Waals surface area contributed by atoms with Crippen LogP contribution in [0.25, 0.3) is 11.3 Å². The van der Waals surface area contributed by atoms with Crippen LogP contribution in [-0.4, -0.2) is 42.5 Å². The van der Waals surface area contributed by atoms with E-state index in [-0.39, 0.29) is 16.9 Å². The molecule has 0 spiro atoms. The van der Waals surface area contributed by atoms with Gasteiger partial charge in [-0.15, -0.1) is 20.4 Å². The van der Waals surface area contributed by atoms with E-state index in [2.05, 4.69) is 41.3 Å². The number of nitrogens with zero attached hydrogens (tertiary/aromatic N) is 6. The molecule has 0 bridgehead atoms. The average Bonchev–Trinajstić information content (AvgIpc) is 3.17. The van der Waals surface area contributed by atoms with Crippen LogP contribution in [0.3, 0.4) is 0 Å². The molecule has 29 heavy (non-hydrogen) atoms. The summed E-state index contributed by atoms with van der Waals surface area (Å²) in [7, 11) is 0. The average molecular weight is 504 g/mol. The highest BCUT2D eigenvalue weighted by Crippen LogP contribution is 2.25. The quantitative estimate of drug-likeness (QED) is 0.512. The smallest absolute Gasteiger partial charge is 0.328 e. The van der Waals surface area contributed by atoms with Gasteiger partial charge in [0.15, 0.2) is 21.9 Å². The molecule has 0 saturated carbocycles. The first-order valence-corrected chi connectivity index (χ1v) is 9.71. The molecule has 0 saturated heterocycles. The molecule has 0 aliphatic carbocycles. The predicted octanol–water partition coefficient (Wildman–Crippen LogP) is 3.17. The van der Waals surface area contributed by atoms with E-state index in [1.807, 2.05) is 0 Å². The highest BCUT2D eigenvalue weighted by molar-refractivity contribution is 9.10. The predicted molar refractivity (Wildman–Crippen MR) is 113 cm³/mol. The van der Waals surface area contributed by atoms with E-state index in [0.717, 1.165) is 0 Å². The molecular weight excluding hydrogens is 487 g/mol. The monoisotopic (exact) mass is 502 g/mol. The van der Waals surface area contributed by atoms with Gasteiger partial charge in [-0.05, 0) is 41.9 Å². The van der Waals surface area contributed by atoms with E-state index >= 15 is 0 Å². The zero-order valence-electron chi connectivity index (χ0n) is 15.4. The van der Waals surface area contributed by atoms with Gasteiger partial charge in [0.25, 0.3) is 0 Å². The van der Waals surface area contributed by atoms with Crippen molar-refractivity contribution in [2.75, 3.05) is 18.1 Å². The molecule has 3 aromatic rings. The van der Waals surface area contributed by atoms with Gasteiger partial charge >= 0.3 is 5.97 Å². The van der Waals surface area contributed by atoms with Crippen LogP contribution in [-0.2, 0) is 9.53 Å². The van der Waals surface area contributed by atoms with Crippen molar-refractivity contribution in [1.29, 1.82) is 0 Å². The van der Waals surface area contributed by atoms with Crippen LogP contribution in [0.15, 0.2) is 29.1 Å². The number of esters is 1. The highest BCUT2D eigenvalue weighted by Gasteiger charge is 2.17. The molecule has 3 heterocycles. The minimum atomic E-state index is -0.470. The summed E-state index contributed by atoms with van der Waals surface area (Å²) in [6.07, 6.45) is 3.22. The Morgan fingerprint density at radius 3 is 2.38 bits per heavy atom. The molecule has 3 aromatic heterocycles. The van der Waals surface area contributed by atoms with Crippen LogP contribution >= 0.6 is 39.1 Å². The Morgan fingerprint density at radius 2 is 1.79 bits per heavy atom. The largest absolute Gasteiger partial charge is 0.464 e. The van der Waals surface area contributed by atoms with Crippen LogP contribution in [0.4, 0.5) is 11.6 Å². The number of ether oxygens (including phenoxy) is 1. The standard InChI is InChI=1S/C12H14ClN5O2.C4H3BrClN3/c1-3-20-12(19)7(2)18-5-9(15-6-18)8-4-10(13)16-17-11(8)14;5-2-1-3(6)8-9-4(2)7/h4-7H,3H2,1-2H3,(H2,14,17);1H,(H2,7,9). The van der Waals surface area contributed by atoms with Crippen LogP contribution in [0.2, 0.25) is 10.3 Å². The van der Waals surface area contributed by atoms with Crippen molar-refractivity contribution in [2.45, 2.75) is 19.9 Å². The minimum Gasteiger partial charge on any atom is -0.464 e. The summed E-state index contributed by atoms with van der Waals surface area (Å²) >= 11 is 14.4.